The summed E-state index contributed by atoms with van der Waals surface area (Å²) in [5.74, 6) is 0. The third-order valence-electron chi connectivity index (χ3n) is 10.2. The van der Waals surface area contributed by atoms with Crippen molar-refractivity contribution in [2.24, 2.45) is 0 Å². The molecule has 9 aromatic carbocycles. The van der Waals surface area contributed by atoms with Gasteiger partial charge in [0.15, 0.2) is 0 Å². The van der Waals surface area contributed by atoms with E-state index >= 15 is 0 Å². The van der Waals surface area contributed by atoms with E-state index in [2.05, 4.69) is 193 Å². The zero-order chi connectivity index (χ0) is 34.4. The third-order valence-corrected chi connectivity index (χ3v) is 10.2. The summed E-state index contributed by atoms with van der Waals surface area (Å²) in [6.45, 7) is 0. The first-order chi connectivity index (χ1) is 25.8. The smallest absolute Gasteiger partial charge is 0.136 e. The summed E-state index contributed by atoms with van der Waals surface area (Å²) < 4.78 is 6.21. The van der Waals surface area contributed by atoms with Crippen molar-refractivity contribution >= 4 is 60.5 Å². The minimum atomic E-state index is 0.917. The van der Waals surface area contributed by atoms with E-state index in [1.807, 2.05) is 12.1 Å². The molecule has 10 aromatic rings. The lowest BCUT2D eigenvalue weighted by Crippen LogP contribution is -2.10. The quantitative estimate of drug-likeness (QED) is 0.176. The van der Waals surface area contributed by atoms with Gasteiger partial charge in [0.2, 0.25) is 0 Å². The van der Waals surface area contributed by atoms with Gasteiger partial charge < -0.3 is 9.32 Å². The number of benzene rings is 9. The molecule has 0 bridgehead atoms. The second-order valence-corrected chi connectivity index (χ2v) is 13.3. The van der Waals surface area contributed by atoms with Gasteiger partial charge in [0.25, 0.3) is 0 Å². The van der Waals surface area contributed by atoms with Gasteiger partial charge in [0.1, 0.15) is 11.2 Å². The maximum Gasteiger partial charge on any atom is 0.136 e. The zero-order valence-electron chi connectivity index (χ0n) is 28.4. The van der Waals surface area contributed by atoms with Crippen LogP contribution < -0.4 is 4.90 Å². The van der Waals surface area contributed by atoms with Gasteiger partial charge in [-0.25, -0.2) is 0 Å². The molecule has 0 unspecified atom stereocenters. The Balaban J connectivity index is 1.18. The van der Waals surface area contributed by atoms with E-state index in [0.717, 1.165) is 33.6 Å². The van der Waals surface area contributed by atoms with Gasteiger partial charge in [-0.3, -0.25) is 0 Å². The fourth-order valence-electron chi connectivity index (χ4n) is 7.81. The van der Waals surface area contributed by atoms with Crippen LogP contribution in [-0.2, 0) is 0 Å². The van der Waals surface area contributed by atoms with Crippen LogP contribution in [0.15, 0.2) is 205 Å². The van der Waals surface area contributed by atoms with E-state index < -0.39 is 0 Å². The highest BCUT2D eigenvalue weighted by molar-refractivity contribution is 6.19. The van der Waals surface area contributed by atoms with Crippen LogP contribution in [0.4, 0.5) is 17.1 Å². The molecule has 0 amide bonds. The Bertz CT molecular complexity index is 2890. The van der Waals surface area contributed by atoms with E-state index in [9.17, 15) is 0 Å². The van der Waals surface area contributed by atoms with Gasteiger partial charge in [-0.2, -0.15) is 0 Å². The topological polar surface area (TPSA) is 16.4 Å². The van der Waals surface area contributed by atoms with Crippen molar-refractivity contribution in [3.8, 4) is 33.4 Å². The lowest BCUT2D eigenvalue weighted by Gasteiger charge is -2.28. The van der Waals surface area contributed by atoms with Crippen LogP contribution in [0.1, 0.15) is 0 Å². The Kier molecular flexibility index (Phi) is 7.18. The first kappa shape index (κ1) is 30.0. The molecule has 0 aliphatic rings. The molecule has 0 fully saturated rings. The van der Waals surface area contributed by atoms with Crippen molar-refractivity contribution in [2.75, 3.05) is 4.90 Å². The lowest BCUT2D eigenvalue weighted by atomic mass is 9.91. The van der Waals surface area contributed by atoms with Gasteiger partial charge in [-0.05, 0) is 110 Å². The molecule has 1 aromatic heterocycles. The van der Waals surface area contributed by atoms with Crippen LogP contribution in [0.2, 0.25) is 0 Å². The molecular weight excluding hydrogens is 631 g/mol. The molecule has 0 atom stereocenters. The van der Waals surface area contributed by atoms with Crippen molar-refractivity contribution < 1.29 is 4.42 Å². The van der Waals surface area contributed by atoms with Crippen LogP contribution in [-0.4, -0.2) is 0 Å². The van der Waals surface area contributed by atoms with E-state index in [1.165, 1.54) is 60.3 Å². The average Bonchev–Trinajstić information content (AvgIpc) is 3.61. The van der Waals surface area contributed by atoms with Crippen molar-refractivity contribution in [1.82, 2.24) is 0 Å². The Labute approximate surface area is 302 Å². The van der Waals surface area contributed by atoms with Crippen LogP contribution in [0.3, 0.4) is 0 Å². The number of nitrogens with zero attached hydrogens (tertiary/aromatic N) is 1. The molecule has 1 heterocycles. The minimum Gasteiger partial charge on any atom is -0.456 e. The van der Waals surface area contributed by atoms with Gasteiger partial charge in [0, 0.05) is 27.8 Å². The number of hydrogen-bond acceptors (Lipinski definition) is 2. The second kappa shape index (κ2) is 12.5. The van der Waals surface area contributed by atoms with Crippen molar-refractivity contribution in [1.29, 1.82) is 0 Å². The van der Waals surface area contributed by atoms with Gasteiger partial charge in [-0.1, -0.05) is 146 Å². The van der Waals surface area contributed by atoms with Crippen LogP contribution in [0.5, 0.6) is 0 Å². The predicted molar refractivity (Wildman–Crippen MR) is 220 cm³/mol. The van der Waals surface area contributed by atoms with Gasteiger partial charge >= 0.3 is 0 Å². The molecule has 52 heavy (non-hydrogen) atoms. The molecule has 0 aliphatic carbocycles. The molecule has 244 valence electrons. The summed E-state index contributed by atoms with van der Waals surface area (Å²) in [6, 6.07) is 71.8. The fraction of sp³-hybridized carbons (Fsp3) is 0. The summed E-state index contributed by atoms with van der Waals surface area (Å²) in [4.78, 5) is 2.39. The van der Waals surface area contributed by atoms with Crippen molar-refractivity contribution in [3.63, 3.8) is 0 Å². The molecule has 2 heteroatoms. The molecule has 2 nitrogen and oxygen atoms in total. The summed E-state index contributed by atoms with van der Waals surface area (Å²) in [5, 5.41) is 7.15. The number of para-hydroxylation sites is 2. The predicted octanol–water partition coefficient (Wildman–Crippen LogP) is 14.4. The number of furan rings is 1. The highest BCUT2D eigenvalue weighted by Crippen LogP contribution is 2.44. The standard InChI is InChI=1S/C50H33NO/c1-4-14-34(15-5-1)46-32-40(26-28-43(46)37-24-27-44-38(30-37)25-29-49-50(44)45-22-12-13-23-48(45)52-49)51(39-19-8-3-9-20-39)41-31-36-18-10-11-21-42(36)47(33-41)35-16-6-2-7-17-35/h1-33H. The Morgan fingerprint density at radius 2 is 0.942 bits per heavy atom. The van der Waals surface area contributed by atoms with Crippen LogP contribution >= 0.6 is 0 Å². The summed E-state index contributed by atoms with van der Waals surface area (Å²) >= 11 is 0. The molecule has 10 rings (SSSR count). The maximum absolute atomic E-state index is 6.21. The zero-order valence-corrected chi connectivity index (χ0v) is 28.4. The third kappa shape index (κ3) is 5.12. The van der Waals surface area contributed by atoms with Gasteiger partial charge in [0.05, 0.1) is 0 Å². The van der Waals surface area contributed by atoms with E-state index in [1.54, 1.807) is 0 Å². The van der Waals surface area contributed by atoms with E-state index in [4.69, 9.17) is 4.42 Å². The second-order valence-electron chi connectivity index (χ2n) is 13.3. The van der Waals surface area contributed by atoms with E-state index in [0.29, 0.717) is 0 Å². The monoisotopic (exact) mass is 663 g/mol. The molecular formula is C50H33NO. The highest BCUT2D eigenvalue weighted by atomic mass is 16.3. The molecule has 0 spiro atoms. The highest BCUT2D eigenvalue weighted by Gasteiger charge is 2.19. The summed E-state index contributed by atoms with van der Waals surface area (Å²) in [6.07, 6.45) is 0. The minimum absolute atomic E-state index is 0.917. The number of anilines is 3. The number of rotatable bonds is 6. The fourth-order valence-corrected chi connectivity index (χ4v) is 7.81. The Hall–Kier alpha value is -6.90. The maximum atomic E-state index is 6.21. The normalized spacial score (nSPS) is 11.5. The first-order valence-corrected chi connectivity index (χ1v) is 17.8. The van der Waals surface area contributed by atoms with Crippen LogP contribution in [0.25, 0.3) is 76.9 Å². The number of hydrogen-bond donors (Lipinski definition) is 0. The number of fused-ring (bicyclic) bond motifs is 6. The lowest BCUT2D eigenvalue weighted by molar-refractivity contribution is 0.669. The molecule has 0 saturated heterocycles. The van der Waals surface area contributed by atoms with Crippen LogP contribution in [0, 0.1) is 0 Å². The SMILES string of the molecule is c1ccc(-c2cc(N(c3ccccc3)c3cc(-c4ccccc4)c4ccccc4c3)ccc2-c2ccc3c(ccc4oc5ccccc5c43)c2)cc1. The summed E-state index contributed by atoms with van der Waals surface area (Å²) in [7, 11) is 0. The van der Waals surface area contributed by atoms with Crippen molar-refractivity contribution in [3.05, 3.63) is 200 Å². The molecule has 0 saturated carbocycles. The Morgan fingerprint density at radius 3 is 1.73 bits per heavy atom. The largest absolute Gasteiger partial charge is 0.456 e. The Morgan fingerprint density at radius 1 is 0.308 bits per heavy atom. The molecule has 0 N–H and O–H groups in total. The summed E-state index contributed by atoms with van der Waals surface area (Å²) in [5.41, 5.74) is 12.3. The average molecular weight is 664 g/mol. The first-order valence-electron chi connectivity index (χ1n) is 17.8. The molecule has 0 radical (unpaired) electrons. The van der Waals surface area contributed by atoms with Crippen molar-refractivity contribution in [2.45, 2.75) is 0 Å². The molecule has 0 aliphatic heterocycles. The van der Waals surface area contributed by atoms with Gasteiger partial charge in [-0.15, -0.1) is 0 Å². The van der Waals surface area contributed by atoms with E-state index in [-0.39, 0.29) is 0 Å².